The lowest BCUT2D eigenvalue weighted by Crippen LogP contribution is -2.19. The van der Waals surface area contributed by atoms with E-state index in [1.807, 2.05) is 18.2 Å². The number of hydrogen-bond acceptors (Lipinski definition) is 1. The number of hydrogen-bond donors (Lipinski definition) is 2. The fourth-order valence-corrected chi connectivity index (χ4v) is 2.00. The van der Waals surface area contributed by atoms with Gasteiger partial charge in [0.1, 0.15) is 5.82 Å². The standard InChI is InChI=1S/C15H15FN2S/c1-2-11-5-3-4-6-14(11)18-15(19)17-13-9-7-12(16)8-10-13/h3-10H,2H2,1H3,(H2,17,18,19). The van der Waals surface area contributed by atoms with Crippen molar-refractivity contribution in [3.05, 3.63) is 59.9 Å². The molecule has 0 atom stereocenters. The van der Waals surface area contributed by atoms with Crippen molar-refractivity contribution < 1.29 is 4.39 Å². The van der Waals surface area contributed by atoms with Crippen LogP contribution in [0.1, 0.15) is 12.5 Å². The van der Waals surface area contributed by atoms with Gasteiger partial charge in [0.05, 0.1) is 0 Å². The predicted molar refractivity (Wildman–Crippen MR) is 82.1 cm³/mol. The van der Waals surface area contributed by atoms with E-state index in [0.29, 0.717) is 5.11 Å². The SMILES string of the molecule is CCc1ccccc1NC(=S)Nc1ccc(F)cc1. The quantitative estimate of drug-likeness (QED) is 0.820. The van der Waals surface area contributed by atoms with E-state index in [1.165, 1.54) is 17.7 Å². The van der Waals surface area contributed by atoms with Gasteiger partial charge in [-0.3, -0.25) is 0 Å². The Kier molecular flexibility index (Phi) is 4.47. The van der Waals surface area contributed by atoms with Crippen molar-refractivity contribution in [2.45, 2.75) is 13.3 Å². The van der Waals surface area contributed by atoms with E-state index in [0.717, 1.165) is 17.8 Å². The first-order chi connectivity index (χ1) is 9.19. The van der Waals surface area contributed by atoms with Crippen molar-refractivity contribution in [3.8, 4) is 0 Å². The van der Waals surface area contributed by atoms with Gasteiger partial charge in [-0.1, -0.05) is 25.1 Å². The van der Waals surface area contributed by atoms with E-state index < -0.39 is 0 Å². The number of thiocarbonyl (C=S) groups is 1. The molecule has 0 amide bonds. The number of anilines is 2. The summed E-state index contributed by atoms with van der Waals surface area (Å²) in [5.74, 6) is -0.263. The highest BCUT2D eigenvalue weighted by molar-refractivity contribution is 7.80. The minimum atomic E-state index is -0.263. The molecule has 0 aliphatic heterocycles. The van der Waals surface area contributed by atoms with Crippen LogP contribution >= 0.6 is 12.2 Å². The average Bonchev–Trinajstić information content (AvgIpc) is 2.42. The van der Waals surface area contributed by atoms with Crippen LogP contribution in [0, 0.1) is 5.82 Å². The summed E-state index contributed by atoms with van der Waals surface area (Å²) in [6, 6.07) is 14.1. The number of benzene rings is 2. The first-order valence-corrected chi connectivity index (χ1v) is 6.51. The number of aryl methyl sites for hydroxylation is 1. The fourth-order valence-electron chi connectivity index (χ4n) is 1.77. The monoisotopic (exact) mass is 274 g/mol. The van der Waals surface area contributed by atoms with Crippen LogP contribution in [0.15, 0.2) is 48.5 Å². The van der Waals surface area contributed by atoms with Crippen molar-refractivity contribution in [2.75, 3.05) is 10.6 Å². The second-order valence-electron chi connectivity index (χ2n) is 4.10. The third kappa shape index (κ3) is 3.76. The maximum Gasteiger partial charge on any atom is 0.175 e. The smallest absolute Gasteiger partial charge is 0.175 e. The number of nitrogens with one attached hydrogen (secondary N) is 2. The highest BCUT2D eigenvalue weighted by atomic mass is 32.1. The van der Waals surface area contributed by atoms with E-state index in [1.54, 1.807) is 12.1 Å². The van der Waals surface area contributed by atoms with E-state index in [2.05, 4.69) is 23.6 Å². The third-order valence-corrected chi connectivity index (χ3v) is 2.95. The molecule has 19 heavy (non-hydrogen) atoms. The van der Waals surface area contributed by atoms with E-state index in [9.17, 15) is 4.39 Å². The Balaban J connectivity index is 2.03. The van der Waals surface area contributed by atoms with Crippen LogP contribution in [0.4, 0.5) is 15.8 Å². The summed E-state index contributed by atoms with van der Waals surface area (Å²) >= 11 is 5.24. The normalized spacial score (nSPS) is 10.0. The summed E-state index contributed by atoms with van der Waals surface area (Å²) in [6.07, 6.45) is 0.933. The van der Waals surface area contributed by atoms with Crippen molar-refractivity contribution in [2.24, 2.45) is 0 Å². The minimum absolute atomic E-state index is 0.263. The topological polar surface area (TPSA) is 24.1 Å². The van der Waals surface area contributed by atoms with Gasteiger partial charge in [0.25, 0.3) is 0 Å². The largest absolute Gasteiger partial charge is 0.332 e. The van der Waals surface area contributed by atoms with Crippen LogP contribution < -0.4 is 10.6 Å². The molecule has 98 valence electrons. The van der Waals surface area contributed by atoms with Crippen LogP contribution in [0.5, 0.6) is 0 Å². The van der Waals surface area contributed by atoms with Gasteiger partial charge < -0.3 is 10.6 Å². The van der Waals surface area contributed by atoms with Gasteiger partial charge in [0.2, 0.25) is 0 Å². The highest BCUT2D eigenvalue weighted by Gasteiger charge is 2.02. The molecule has 0 aliphatic carbocycles. The van der Waals surface area contributed by atoms with E-state index >= 15 is 0 Å². The molecule has 0 saturated heterocycles. The first kappa shape index (κ1) is 13.5. The van der Waals surface area contributed by atoms with Crippen molar-refractivity contribution in [1.82, 2.24) is 0 Å². The highest BCUT2D eigenvalue weighted by Crippen LogP contribution is 2.16. The van der Waals surface area contributed by atoms with Gasteiger partial charge >= 0.3 is 0 Å². The Morgan fingerprint density at radius 3 is 2.42 bits per heavy atom. The van der Waals surface area contributed by atoms with Gasteiger partial charge in [0.15, 0.2) is 5.11 Å². The molecule has 0 saturated carbocycles. The molecule has 0 spiro atoms. The van der Waals surface area contributed by atoms with Crippen LogP contribution in [0.3, 0.4) is 0 Å². The second kappa shape index (κ2) is 6.29. The molecule has 2 aromatic rings. The lowest BCUT2D eigenvalue weighted by atomic mass is 10.1. The first-order valence-electron chi connectivity index (χ1n) is 6.10. The van der Waals surface area contributed by atoms with Gasteiger partial charge in [-0.05, 0) is 54.5 Å². The molecule has 0 bridgehead atoms. The van der Waals surface area contributed by atoms with Gasteiger partial charge in [-0.2, -0.15) is 0 Å². The summed E-state index contributed by atoms with van der Waals surface area (Å²) < 4.78 is 12.8. The van der Waals surface area contributed by atoms with E-state index in [4.69, 9.17) is 12.2 Å². The average molecular weight is 274 g/mol. The second-order valence-corrected chi connectivity index (χ2v) is 4.50. The molecular weight excluding hydrogens is 259 g/mol. The van der Waals surface area contributed by atoms with Crippen molar-refractivity contribution in [3.63, 3.8) is 0 Å². The Hall–Kier alpha value is -1.94. The predicted octanol–water partition coefficient (Wildman–Crippen LogP) is 4.20. The molecule has 4 heteroatoms. The van der Waals surface area contributed by atoms with Crippen LogP contribution in [0.2, 0.25) is 0 Å². The van der Waals surface area contributed by atoms with E-state index in [-0.39, 0.29) is 5.82 Å². The van der Waals surface area contributed by atoms with Crippen LogP contribution in [0.25, 0.3) is 0 Å². The Morgan fingerprint density at radius 2 is 1.74 bits per heavy atom. The Morgan fingerprint density at radius 1 is 1.05 bits per heavy atom. The van der Waals surface area contributed by atoms with Crippen molar-refractivity contribution in [1.29, 1.82) is 0 Å². The molecule has 0 unspecified atom stereocenters. The molecule has 0 heterocycles. The zero-order valence-corrected chi connectivity index (χ0v) is 11.4. The molecule has 2 aromatic carbocycles. The van der Waals surface area contributed by atoms with Gasteiger partial charge in [0, 0.05) is 11.4 Å². The Labute approximate surface area is 117 Å². The molecule has 0 aromatic heterocycles. The Bertz CT molecular complexity index is 567. The molecule has 2 N–H and O–H groups in total. The lowest BCUT2D eigenvalue weighted by molar-refractivity contribution is 0.628. The summed E-state index contributed by atoms with van der Waals surface area (Å²) in [7, 11) is 0. The zero-order chi connectivity index (χ0) is 13.7. The van der Waals surface area contributed by atoms with Crippen LogP contribution in [-0.4, -0.2) is 5.11 Å². The molecule has 2 nitrogen and oxygen atoms in total. The minimum Gasteiger partial charge on any atom is -0.332 e. The zero-order valence-electron chi connectivity index (χ0n) is 10.6. The number of para-hydroxylation sites is 1. The third-order valence-electron chi connectivity index (χ3n) is 2.75. The number of halogens is 1. The fraction of sp³-hybridized carbons (Fsp3) is 0.133. The maximum absolute atomic E-state index is 12.8. The summed E-state index contributed by atoms with van der Waals surface area (Å²) in [4.78, 5) is 0. The molecule has 2 rings (SSSR count). The number of rotatable bonds is 3. The van der Waals surface area contributed by atoms with Crippen LogP contribution in [-0.2, 0) is 6.42 Å². The lowest BCUT2D eigenvalue weighted by Gasteiger charge is -2.13. The molecule has 0 fully saturated rings. The molecule has 0 radical (unpaired) electrons. The summed E-state index contributed by atoms with van der Waals surface area (Å²) in [5.41, 5.74) is 2.95. The van der Waals surface area contributed by atoms with Gasteiger partial charge in [-0.25, -0.2) is 4.39 Å². The van der Waals surface area contributed by atoms with Gasteiger partial charge in [-0.15, -0.1) is 0 Å². The molecule has 0 aliphatic rings. The summed E-state index contributed by atoms with van der Waals surface area (Å²) in [5, 5.41) is 6.67. The summed E-state index contributed by atoms with van der Waals surface area (Å²) in [6.45, 7) is 2.09. The van der Waals surface area contributed by atoms with Crippen molar-refractivity contribution >= 4 is 28.7 Å². The maximum atomic E-state index is 12.8. The molecular formula is C15H15FN2S.